The fraction of sp³-hybridized carbons (Fsp3) is 0.417. The lowest BCUT2D eigenvalue weighted by atomic mass is 10.1. The van der Waals surface area contributed by atoms with Crippen molar-refractivity contribution < 1.29 is 18.3 Å². The number of carboxylic acids is 1. The highest BCUT2D eigenvalue weighted by Crippen LogP contribution is 2.28. The van der Waals surface area contributed by atoms with Crippen molar-refractivity contribution in [3.05, 3.63) is 26.6 Å². The summed E-state index contributed by atoms with van der Waals surface area (Å²) in [6.45, 7) is 3.41. The maximum absolute atomic E-state index is 12.2. The van der Waals surface area contributed by atoms with Crippen LogP contribution in [-0.4, -0.2) is 26.0 Å². The van der Waals surface area contributed by atoms with E-state index in [2.05, 4.69) is 36.6 Å². The summed E-state index contributed by atoms with van der Waals surface area (Å²) in [6.07, 6.45) is 0.358. The first-order valence-corrected chi connectivity index (χ1v) is 8.94. The highest BCUT2D eigenvalue weighted by atomic mass is 79.9. The van der Waals surface area contributed by atoms with E-state index in [-0.39, 0.29) is 11.4 Å². The number of aliphatic carboxylic acids is 1. The molecule has 2 N–H and O–H groups in total. The van der Waals surface area contributed by atoms with Crippen LogP contribution in [0.4, 0.5) is 0 Å². The van der Waals surface area contributed by atoms with Gasteiger partial charge in [0.15, 0.2) is 0 Å². The molecule has 1 unspecified atom stereocenters. The number of carbonyl (C=O) groups is 1. The van der Waals surface area contributed by atoms with Gasteiger partial charge >= 0.3 is 5.97 Å². The molecule has 5 nitrogen and oxygen atoms in total. The second kappa shape index (κ2) is 7.02. The number of nitrogens with one attached hydrogen (secondary N) is 1. The molecule has 0 spiro atoms. The second-order valence-electron chi connectivity index (χ2n) is 4.33. The summed E-state index contributed by atoms with van der Waals surface area (Å²) in [5, 5.41) is 8.92. The van der Waals surface area contributed by atoms with Gasteiger partial charge in [0.25, 0.3) is 0 Å². The summed E-state index contributed by atoms with van der Waals surface area (Å²) in [4.78, 5) is 11.0. The van der Waals surface area contributed by atoms with Crippen LogP contribution >= 0.6 is 31.9 Å². The summed E-state index contributed by atoms with van der Waals surface area (Å²) < 4.78 is 27.9. The first-order chi connectivity index (χ1) is 9.19. The van der Waals surface area contributed by atoms with Gasteiger partial charge in [0.1, 0.15) is 0 Å². The quantitative estimate of drug-likeness (QED) is 0.729. The van der Waals surface area contributed by atoms with Gasteiger partial charge in [-0.3, -0.25) is 4.79 Å². The average Bonchev–Trinajstić information content (AvgIpc) is 2.33. The molecule has 112 valence electrons. The van der Waals surface area contributed by atoms with Gasteiger partial charge in [-0.2, -0.15) is 0 Å². The SMILES string of the molecule is CCC(CNS(=O)(=O)c1cc(Br)c(C)cc1Br)C(=O)O. The number of hydrogen-bond acceptors (Lipinski definition) is 3. The van der Waals surface area contributed by atoms with E-state index < -0.39 is 21.9 Å². The zero-order valence-electron chi connectivity index (χ0n) is 11.0. The normalized spacial score (nSPS) is 13.2. The number of sulfonamides is 1. The van der Waals surface area contributed by atoms with E-state index in [0.29, 0.717) is 15.4 Å². The molecule has 1 atom stereocenters. The van der Waals surface area contributed by atoms with Gasteiger partial charge in [0, 0.05) is 15.5 Å². The molecule has 20 heavy (non-hydrogen) atoms. The van der Waals surface area contributed by atoms with Gasteiger partial charge in [0.05, 0.1) is 10.8 Å². The summed E-state index contributed by atoms with van der Waals surface area (Å²) in [5.41, 5.74) is 0.896. The van der Waals surface area contributed by atoms with Crippen LogP contribution in [0.1, 0.15) is 18.9 Å². The minimum Gasteiger partial charge on any atom is -0.481 e. The highest BCUT2D eigenvalue weighted by molar-refractivity contribution is 9.11. The van der Waals surface area contributed by atoms with E-state index >= 15 is 0 Å². The van der Waals surface area contributed by atoms with Crippen LogP contribution in [0.2, 0.25) is 0 Å². The molecule has 0 amide bonds. The molecule has 0 aliphatic heterocycles. The van der Waals surface area contributed by atoms with E-state index in [0.717, 1.165) is 5.56 Å². The number of hydrogen-bond donors (Lipinski definition) is 2. The van der Waals surface area contributed by atoms with E-state index in [1.807, 2.05) is 6.92 Å². The van der Waals surface area contributed by atoms with Crippen molar-refractivity contribution in [3.63, 3.8) is 0 Å². The molecule has 1 rings (SSSR count). The molecule has 1 aromatic rings. The van der Waals surface area contributed by atoms with Gasteiger partial charge in [0.2, 0.25) is 10.0 Å². The van der Waals surface area contributed by atoms with Crippen LogP contribution in [0.15, 0.2) is 26.0 Å². The van der Waals surface area contributed by atoms with E-state index in [9.17, 15) is 13.2 Å². The largest absolute Gasteiger partial charge is 0.481 e. The number of carboxylic acid groups (broad SMARTS) is 1. The lowest BCUT2D eigenvalue weighted by Gasteiger charge is -2.13. The van der Waals surface area contributed by atoms with Crippen molar-refractivity contribution in [1.29, 1.82) is 0 Å². The van der Waals surface area contributed by atoms with Crippen LogP contribution in [0, 0.1) is 12.8 Å². The minimum atomic E-state index is -3.76. The fourth-order valence-electron chi connectivity index (χ4n) is 1.53. The predicted octanol–water partition coefficient (Wildman–Crippen LogP) is 2.91. The van der Waals surface area contributed by atoms with Gasteiger partial charge in [-0.1, -0.05) is 22.9 Å². The van der Waals surface area contributed by atoms with Gasteiger partial charge in [-0.05, 0) is 47.0 Å². The zero-order chi connectivity index (χ0) is 15.5. The van der Waals surface area contributed by atoms with Crippen LogP contribution in [0.5, 0.6) is 0 Å². The summed E-state index contributed by atoms with van der Waals surface area (Å²) in [6, 6.07) is 3.18. The van der Waals surface area contributed by atoms with Gasteiger partial charge < -0.3 is 5.11 Å². The molecule has 0 heterocycles. The Hall–Kier alpha value is -0.440. The Morgan fingerprint density at radius 3 is 2.45 bits per heavy atom. The number of aryl methyl sites for hydroxylation is 1. The Balaban J connectivity index is 3.00. The van der Waals surface area contributed by atoms with E-state index in [1.54, 1.807) is 13.0 Å². The average molecular weight is 429 g/mol. The Kier molecular flexibility index (Phi) is 6.18. The van der Waals surface area contributed by atoms with Crippen molar-refractivity contribution in [2.24, 2.45) is 5.92 Å². The molecule has 0 saturated heterocycles. The third-order valence-electron chi connectivity index (χ3n) is 2.86. The van der Waals surface area contributed by atoms with E-state index in [4.69, 9.17) is 5.11 Å². The minimum absolute atomic E-state index is 0.0789. The Bertz CT molecular complexity index is 616. The van der Waals surface area contributed by atoms with Crippen LogP contribution in [-0.2, 0) is 14.8 Å². The topological polar surface area (TPSA) is 83.5 Å². The third kappa shape index (κ3) is 4.28. The number of benzene rings is 1. The summed E-state index contributed by atoms with van der Waals surface area (Å²) in [5.74, 6) is -1.75. The molecule has 0 bridgehead atoms. The molecular formula is C12H15Br2NO4S. The Morgan fingerprint density at radius 2 is 1.95 bits per heavy atom. The van der Waals surface area contributed by atoms with E-state index in [1.165, 1.54) is 6.07 Å². The summed E-state index contributed by atoms with van der Waals surface area (Å²) in [7, 11) is -3.76. The molecule has 0 fully saturated rings. The maximum atomic E-state index is 12.2. The first kappa shape index (κ1) is 17.6. The number of rotatable bonds is 6. The smallest absolute Gasteiger partial charge is 0.307 e. The highest BCUT2D eigenvalue weighted by Gasteiger charge is 2.22. The lowest BCUT2D eigenvalue weighted by Crippen LogP contribution is -2.32. The van der Waals surface area contributed by atoms with Crippen LogP contribution in [0.25, 0.3) is 0 Å². The summed E-state index contributed by atoms with van der Waals surface area (Å²) >= 11 is 6.50. The van der Waals surface area contributed by atoms with Crippen molar-refractivity contribution in [2.75, 3.05) is 6.54 Å². The molecule has 0 aromatic heterocycles. The first-order valence-electron chi connectivity index (χ1n) is 5.87. The molecule has 0 aliphatic carbocycles. The molecule has 1 aromatic carbocycles. The lowest BCUT2D eigenvalue weighted by molar-refractivity contribution is -0.141. The van der Waals surface area contributed by atoms with Crippen molar-refractivity contribution >= 4 is 47.9 Å². The molecule has 0 aliphatic rings. The third-order valence-corrected chi connectivity index (χ3v) is 6.10. The van der Waals surface area contributed by atoms with Crippen LogP contribution < -0.4 is 4.72 Å². The fourth-order valence-corrected chi connectivity index (χ4v) is 4.29. The van der Waals surface area contributed by atoms with Gasteiger partial charge in [-0.25, -0.2) is 13.1 Å². The molecule has 0 radical (unpaired) electrons. The maximum Gasteiger partial charge on any atom is 0.307 e. The Labute approximate surface area is 135 Å². The Morgan fingerprint density at radius 1 is 1.35 bits per heavy atom. The standard InChI is InChI=1S/C12H15Br2NO4S/c1-3-8(12(16)17)6-15-20(18,19)11-5-9(13)7(2)4-10(11)14/h4-5,8,15H,3,6H2,1-2H3,(H,16,17). The van der Waals surface area contributed by atoms with Crippen molar-refractivity contribution in [1.82, 2.24) is 4.72 Å². The molecule has 8 heteroatoms. The monoisotopic (exact) mass is 427 g/mol. The van der Waals surface area contributed by atoms with Crippen LogP contribution in [0.3, 0.4) is 0 Å². The molecular weight excluding hydrogens is 414 g/mol. The second-order valence-corrected chi connectivity index (χ2v) is 7.77. The van der Waals surface area contributed by atoms with Crippen molar-refractivity contribution in [2.45, 2.75) is 25.2 Å². The van der Waals surface area contributed by atoms with Crippen molar-refractivity contribution in [3.8, 4) is 0 Å². The number of halogens is 2. The van der Waals surface area contributed by atoms with Gasteiger partial charge in [-0.15, -0.1) is 0 Å². The predicted molar refractivity (Wildman–Crippen MR) is 83.2 cm³/mol. The molecule has 0 saturated carbocycles. The zero-order valence-corrected chi connectivity index (χ0v) is 15.0.